The van der Waals surface area contributed by atoms with Gasteiger partial charge in [-0.25, -0.2) is 8.78 Å². The van der Waals surface area contributed by atoms with Crippen molar-refractivity contribution in [3.63, 3.8) is 0 Å². The van der Waals surface area contributed by atoms with Crippen molar-refractivity contribution in [2.45, 2.75) is 12.3 Å². The predicted molar refractivity (Wildman–Crippen MR) is 85.8 cm³/mol. The SMILES string of the molecule is O=C1CC(c2nc(-c3cccc(F)c3)no2)CN1c1ccc(F)cc1. The van der Waals surface area contributed by atoms with Crippen LogP contribution in [-0.4, -0.2) is 22.6 Å². The van der Waals surface area contributed by atoms with Crippen molar-refractivity contribution in [1.82, 2.24) is 10.1 Å². The van der Waals surface area contributed by atoms with Crippen LogP contribution in [0.4, 0.5) is 14.5 Å². The van der Waals surface area contributed by atoms with E-state index in [1.54, 1.807) is 29.2 Å². The first-order chi connectivity index (χ1) is 12.1. The molecule has 1 amide bonds. The zero-order valence-electron chi connectivity index (χ0n) is 13.0. The summed E-state index contributed by atoms with van der Waals surface area (Å²) < 4.78 is 31.6. The van der Waals surface area contributed by atoms with Gasteiger partial charge in [-0.15, -0.1) is 0 Å². The quantitative estimate of drug-likeness (QED) is 0.731. The normalized spacial score (nSPS) is 17.3. The largest absolute Gasteiger partial charge is 0.339 e. The van der Waals surface area contributed by atoms with E-state index in [1.807, 2.05) is 0 Å². The van der Waals surface area contributed by atoms with Gasteiger partial charge in [-0.05, 0) is 36.4 Å². The second-order valence-electron chi connectivity index (χ2n) is 5.85. The zero-order chi connectivity index (χ0) is 17.4. The molecule has 1 aliphatic heterocycles. The Bertz CT molecular complexity index is 924. The molecule has 1 unspecified atom stereocenters. The highest BCUT2D eigenvalue weighted by molar-refractivity contribution is 5.96. The van der Waals surface area contributed by atoms with Crippen LogP contribution in [0.5, 0.6) is 0 Å². The average molecular weight is 341 g/mol. The lowest BCUT2D eigenvalue weighted by molar-refractivity contribution is -0.117. The van der Waals surface area contributed by atoms with Gasteiger partial charge in [0, 0.05) is 24.2 Å². The van der Waals surface area contributed by atoms with Crippen molar-refractivity contribution < 1.29 is 18.1 Å². The van der Waals surface area contributed by atoms with Gasteiger partial charge in [-0.2, -0.15) is 4.98 Å². The number of carbonyl (C=O) groups excluding carboxylic acids is 1. The minimum atomic E-state index is -0.387. The molecule has 5 nitrogen and oxygen atoms in total. The van der Waals surface area contributed by atoms with Crippen molar-refractivity contribution in [2.75, 3.05) is 11.4 Å². The van der Waals surface area contributed by atoms with Crippen LogP contribution < -0.4 is 4.90 Å². The fourth-order valence-electron chi connectivity index (χ4n) is 2.89. The molecule has 126 valence electrons. The van der Waals surface area contributed by atoms with Crippen LogP contribution in [0.25, 0.3) is 11.4 Å². The standard InChI is InChI=1S/C18H13F2N3O2/c19-13-4-6-15(7-5-13)23-10-12(9-16(23)24)18-21-17(22-25-18)11-2-1-3-14(20)8-11/h1-8,12H,9-10H2. The number of carbonyl (C=O) groups is 1. The van der Waals surface area contributed by atoms with E-state index in [-0.39, 0.29) is 35.7 Å². The summed E-state index contributed by atoms with van der Waals surface area (Å²) in [5.41, 5.74) is 1.13. The molecule has 0 aliphatic carbocycles. The maximum absolute atomic E-state index is 13.3. The zero-order valence-corrected chi connectivity index (χ0v) is 13.0. The summed E-state index contributed by atoms with van der Waals surface area (Å²) >= 11 is 0. The topological polar surface area (TPSA) is 59.2 Å². The van der Waals surface area contributed by atoms with E-state index >= 15 is 0 Å². The molecule has 0 N–H and O–H groups in total. The molecule has 1 fully saturated rings. The van der Waals surface area contributed by atoms with E-state index in [0.29, 0.717) is 23.7 Å². The number of halogens is 2. The highest BCUT2D eigenvalue weighted by atomic mass is 19.1. The van der Waals surface area contributed by atoms with Gasteiger partial charge in [-0.1, -0.05) is 17.3 Å². The molecule has 2 aromatic carbocycles. The van der Waals surface area contributed by atoms with Gasteiger partial charge in [0.1, 0.15) is 11.6 Å². The lowest BCUT2D eigenvalue weighted by Gasteiger charge is -2.15. The van der Waals surface area contributed by atoms with Crippen molar-refractivity contribution in [1.29, 1.82) is 0 Å². The minimum absolute atomic E-state index is 0.0953. The van der Waals surface area contributed by atoms with E-state index in [0.717, 1.165) is 0 Å². The van der Waals surface area contributed by atoms with Gasteiger partial charge in [0.15, 0.2) is 0 Å². The second-order valence-corrected chi connectivity index (χ2v) is 5.85. The number of hydrogen-bond donors (Lipinski definition) is 0. The van der Waals surface area contributed by atoms with E-state index in [4.69, 9.17) is 4.52 Å². The predicted octanol–water partition coefficient (Wildman–Crippen LogP) is 3.54. The molecule has 0 radical (unpaired) electrons. The first-order valence-corrected chi connectivity index (χ1v) is 7.75. The molecule has 3 aromatic rings. The first-order valence-electron chi connectivity index (χ1n) is 7.75. The number of rotatable bonds is 3. The Morgan fingerprint density at radius 3 is 2.64 bits per heavy atom. The third-order valence-electron chi connectivity index (χ3n) is 4.14. The molecule has 4 rings (SSSR count). The Labute approximate surface area is 141 Å². The van der Waals surface area contributed by atoms with Gasteiger partial charge in [0.05, 0.1) is 5.92 Å². The fourth-order valence-corrected chi connectivity index (χ4v) is 2.89. The number of hydrogen-bond acceptors (Lipinski definition) is 4. The highest BCUT2D eigenvalue weighted by Gasteiger charge is 2.35. The summed E-state index contributed by atoms with van der Waals surface area (Å²) in [6.07, 6.45) is 0.224. The van der Waals surface area contributed by atoms with E-state index in [2.05, 4.69) is 10.1 Å². The number of nitrogens with zero attached hydrogens (tertiary/aromatic N) is 3. The number of anilines is 1. The number of benzene rings is 2. The Morgan fingerprint density at radius 2 is 1.88 bits per heavy atom. The summed E-state index contributed by atoms with van der Waals surface area (Å²) in [4.78, 5) is 18.1. The summed E-state index contributed by atoms with van der Waals surface area (Å²) in [5.74, 6) is -0.486. The Kier molecular flexibility index (Phi) is 3.76. The molecule has 1 saturated heterocycles. The van der Waals surface area contributed by atoms with Gasteiger partial charge in [0.2, 0.25) is 17.6 Å². The fraction of sp³-hybridized carbons (Fsp3) is 0.167. The monoisotopic (exact) mass is 341 g/mol. The summed E-state index contributed by atoms with van der Waals surface area (Å²) in [6, 6.07) is 11.6. The first kappa shape index (κ1) is 15.4. The molecule has 0 spiro atoms. The van der Waals surface area contributed by atoms with Gasteiger partial charge >= 0.3 is 0 Å². The van der Waals surface area contributed by atoms with E-state index in [1.165, 1.54) is 24.3 Å². The van der Waals surface area contributed by atoms with Crippen LogP contribution in [0.1, 0.15) is 18.2 Å². The second kappa shape index (κ2) is 6.08. The van der Waals surface area contributed by atoms with E-state index < -0.39 is 0 Å². The van der Waals surface area contributed by atoms with Crippen LogP contribution in [-0.2, 0) is 4.79 Å². The van der Waals surface area contributed by atoms with E-state index in [9.17, 15) is 13.6 Å². The molecule has 2 heterocycles. The van der Waals surface area contributed by atoms with Crippen LogP contribution in [0.3, 0.4) is 0 Å². The highest BCUT2D eigenvalue weighted by Crippen LogP contribution is 2.32. The minimum Gasteiger partial charge on any atom is -0.339 e. The van der Waals surface area contributed by atoms with Crippen LogP contribution in [0.2, 0.25) is 0 Å². The number of aromatic nitrogens is 2. The Morgan fingerprint density at radius 1 is 1.08 bits per heavy atom. The maximum Gasteiger partial charge on any atom is 0.232 e. The molecular formula is C18H13F2N3O2. The van der Waals surface area contributed by atoms with Crippen molar-refractivity contribution in [3.05, 3.63) is 66.1 Å². The average Bonchev–Trinajstić information content (AvgIpc) is 3.23. The number of amides is 1. The molecule has 1 atom stereocenters. The Hall–Kier alpha value is -3.09. The molecule has 0 saturated carbocycles. The van der Waals surface area contributed by atoms with Crippen LogP contribution in [0, 0.1) is 11.6 Å². The maximum atomic E-state index is 13.3. The summed E-state index contributed by atoms with van der Waals surface area (Å²) in [6.45, 7) is 0.370. The third-order valence-corrected chi connectivity index (χ3v) is 4.14. The van der Waals surface area contributed by atoms with Crippen molar-refractivity contribution >= 4 is 11.6 Å². The lowest BCUT2D eigenvalue weighted by Crippen LogP contribution is -2.24. The Balaban J connectivity index is 1.55. The molecule has 7 heteroatoms. The van der Waals surface area contributed by atoms with Crippen LogP contribution >= 0.6 is 0 Å². The van der Waals surface area contributed by atoms with Gasteiger partial charge < -0.3 is 9.42 Å². The summed E-state index contributed by atoms with van der Waals surface area (Å²) in [5, 5.41) is 3.87. The van der Waals surface area contributed by atoms with Crippen LogP contribution in [0.15, 0.2) is 53.1 Å². The van der Waals surface area contributed by atoms with Gasteiger partial charge in [0.25, 0.3) is 0 Å². The lowest BCUT2D eigenvalue weighted by atomic mass is 10.1. The summed E-state index contributed by atoms with van der Waals surface area (Å²) in [7, 11) is 0. The molecular weight excluding hydrogens is 328 g/mol. The van der Waals surface area contributed by atoms with Crippen molar-refractivity contribution in [3.8, 4) is 11.4 Å². The molecule has 25 heavy (non-hydrogen) atoms. The van der Waals surface area contributed by atoms with Gasteiger partial charge in [-0.3, -0.25) is 4.79 Å². The third kappa shape index (κ3) is 3.00. The van der Waals surface area contributed by atoms with Crippen molar-refractivity contribution in [2.24, 2.45) is 0 Å². The molecule has 0 bridgehead atoms. The molecule has 1 aliphatic rings. The molecule has 1 aromatic heterocycles. The smallest absolute Gasteiger partial charge is 0.232 e.